The molecule has 0 aromatic rings. The third-order valence-electron chi connectivity index (χ3n) is 9.90. The van der Waals surface area contributed by atoms with Crippen molar-refractivity contribution in [3.8, 4) is 0 Å². The van der Waals surface area contributed by atoms with E-state index < -0.39 is 0 Å². The summed E-state index contributed by atoms with van der Waals surface area (Å²) in [7, 11) is 0. The van der Waals surface area contributed by atoms with E-state index in [0.29, 0.717) is 17.3 Å². The minimum atomic E-state index is -0.00282. The van der Waals surface area contributed by atoms with Gasteiger partial charge in [0.2, 0.25) is 5.91 Å². The SMILES string of the molecule is CC12CCC3[C@@H](CC[C@@H]4CCCC[C@]34C)C1CC[C@@H]2CCCC(=O)NN. The Bertz CT molecular complexity index is 534. The van der Waals surface area contributed by atoms with Crippen LogP contribution in [0, 0.1) is 40.4 Å². The first-order chi connectivity index (χ1) is 12.5. The minimum Gasteiger partial charge on any atom is -0.294 e. The van der Waals surface area contributed by atoms with Crippen molar-refractivity contribution < 1.29 is 4.79 Å². The molecule has 3 N–H and O–H groups in total. The number of rotatable bonds is 4. The quantitative estimate of drug-likeness (QED) is 0.411. The summed E-state index contributed by atoms with van der Waals surface area (Å²) in [6, 6.07) is 0. The third kappa shape index (κ3) is 2.93. The molecule has 3 nitrogen and oxygen atoms in total. The van der Waals surface area contributed by atoms with Gasteiger partial charge < -0.3 is 0 Å². The lowest BCUT2D eigenvalue weighted by Crippen LogP contribution is -2.52. The zero-order valence-corrected chi connectivity index (χ0v) is 17.1. The Labute approximate surface area is 160 Å². The molecule has 26 heavy (non-hydrogen) atoms. The Morgan fingerprint density at radius 2 is 1.77 bits per heavy atom. The number of hydrogen-bond acceptors (Lipinski definition) is 2. The smallest absolute Gasteiger partial charge is 0.233 e. The van der Waals surface area contributed by atoms with Crippen LogP contribution in [0.15, 0.2) is 0 Å². The van der Waals surface area contributed by atoms with Crippen molar-refractivity contribution in [2.75, 3.05) is 0 Å². The molecule has 0 aromatic heterocycles. The molecule has 0 bridgehead atoms. The van der Waals surface area contributed by atoms with Crippen LogP contribution in [-0.4, -0.2) is 5.91 Å². The first kappa shape index (κ1) is 18.8. The van der Waals surface area contributed by atoms with Crippen LogP contribution in [0.5, 0.6) is 0 Å². The van der Waals surface area contributed by atoms with Crippen molar-refractivity contribution in [3.05, 3.63) is 0 Å². The number of hydrazine groups is 1. The Morgan fingerprint density at radius 1 is 0.962 bits per heavy atom. The lowest BCUT2D eigenvalue weighted by atomic mass is 9.45. The molecule has 0 aromatic carbocycles. The number of carbonyl (C=O) groups excluding carboxylic acids is 1. The summed E-state index contributed by atoms with van der Waals surface area (Å²) in [6.07, 6.45) is 17.6. The second-order valence-electron chi connectivity index (χ2n) is 10.7. The molecule has 0 heterocycles. The summed E-state index contributed by atoms with van der Waals surface area (Å²) >= 11 is 0. The monoisotopic (exact) mass is 360 g/mol. The van der Waals surface area contributed by atoms with Gasteiger partial charge in [0.25, 0.3) is 0 Å². The fraction of sp³-hybridized carbons (Fsp3) is 0.957. The second-order valence-corrected chi connectivity index (χ2v) is 10.7. The molecule has 1 amide bonds. The molecule has 3 heteroatoms. The van der Waals surface area contributed by atoms with Crippen LogP contribution in [0.25, 0.3) is 0 Å². The Hall–Kier alpha value is -0.570. The van der Waals surface area contributed by atoms with Crippen LogP contribution >= 0.6 is 0 Å². The Balaban J connectivity index is 1.45. The van der Waals surface area contributed by atoms with Gasteiger partial charge in [-0.1, -0.05) is 26.7 Å². The van der Waals surface area contributed by atoms with E-state index in [2.05, 4.69) is 19.3 Å². The predicted molar refractivity (Wildman–Crippen MR) is 106 cm³/mol. The van der Waals surface area contributed by atoms with E-state index in [1.54, 1.807) is 0 Å². The topological polar surface area (TPSA) is 55.1 Å². The van der Waals surface area contributed by atoms with Crippen LogP contribution in [0.3, 0.4) is 0 Å². The average molecular weight is 361 g/mol. The lowest BCUT2D eigenvalue weighted by Gasteiger charge is -2.60. The maximum Gasteiger partial charge on any atom is 0.233 e. The first-order valence-corrected chi connectivity index (χ1v) is 11.5. The summed E-state index contributed by atoms with van der Waals surface area (Å²) in [5.74, 6) is 10.0. The van der Waals surface area contributed by atoms with Crippen molar-refractivity contribution >= 4 is 5.91 Å². The molecule has 4 saturated carbocycles. The molecule has 0 spiro atoms. The molecular formula is C23H40N2O. The standard InChI is InChI=1S/C23H40N2O/c1-22-14-4-3-6-16(22)9-11-18-19-12-10-17(7-5-8-21(26)25-24)23(19,2)15-13-20(18)22/h16-20H,3-15,24H2,1-2H3,(H,25,26)/t16-,17-,18-,19?,20?,22-,23?/m0/s1. The van der Waals surface area contributed by atoms with Crippen LogP contribution < -0.4 is 11.3 Å². The number of carbonyl (C=O) groups is 1. The molecule has 0 saturated heterocycles. The van der Waals surface area contributed by atoms with Gasteiger partial charge in [-0.25, -0.2) is 5.84 Å². The van der Waals surface area contributed by atoms with Crippen molar-refractivity contribution in [2.24, 2.45) is 46.3 Å². The average Bonchev–Trinajstić information content (AvgIpc) is 2.97. The van der Waals surface area contributed by atoms with E-state index in [0.717, 1.165) is 36.0 Å². The zero-order valence-electron chi connectivity index (χ0n) is 17.1. The van der Waals surface area contributed by atoms with Crippen LogP contribution in [-0.2, 0) is 4.79 Å². The first-order valence-electron chi connectivity index (χ1n) is 11.5. The van der Waals surface area contributed by atoms with Gasteiger partial charge in [0, 0.05) is 6.42 Å². The van der Waals surface area contributed by atoms with E-state index in [9.17, 15) is 4.79 Å². The molecule has 4 fully saturated rings. The molecule has 148 valence electrons. The van der Waals surface area contributed by atoms with Crippen molar-refractivity contribution in [2.45, 2.75) is 97.3 Å². The highest BCUT2D eigenvalue weighted by Gasteiger charge is 2.59. The van der Waals surface area contributed by atoms with E-state index in [1.807, 2.05) is 0 Å². The number of nitrogens with two attached hydrogens (primary N) is 1. The van der Waals surface area contributed by atoms with E-state index in [1.165, 1.54) is 70.6 Å². The molecule has 4 aliphatic rings. The van der Waals surface area contributed by atoms with Crippen molar-refractivity contribution in [1.29, 1.82) is 0 Å². The fourth-order valence-electron chi connectivity index (χ4n) is 8.46. The summed E-state index contributed by atoms with van der Waals surface area (Å²) in [4.78, 5) is 11.5. The van der Waals surface area contributed by atoms with E-state index in [4.69, 9.17) is 5.84 Å². The normalized spacial score (nSPS) is 47.6. The van der Waals surface area contributed by atoms with Gasteiger partial charge in [0.15, 0.2) is 0 Å². The van der Waals surface area contributed by atoms with Crippen LogP contribution in [0.1, 0.15) is 97.3 Å². The number of fused-ring (bicyclic) bond motifs is 5. The van der Waals surface area contributed by atoms with E-state index >= 15 is 0 Å². The molecule has 0 radical (unpaired) electrons. The molecule has 4 aliphatic carbocycles. The van der Waals surface area contributed by atoms with Crippen molar-refractivity contribution in [1.82, 2.24) is 5.43 Å². The summed E-state index contributed by atoms with van der Waals surface area (Å²) < 4.78 is 0. The predicted octanol–water partition coefficient (Wildman–Crippen LogP) is 5.20. The summed E-state index contributed by atoms with van der Waals surface area (Å²) in [5.41, 5.74) is 3.48. The van der Waals surface area contributed by atoms with Gasteiger partial charge in [0.1, 0.15) is 0 Å². The number of nitrogens with one attached hydrogen (secondary N) is 1. The highest BCUT2D eigenvalue weighted by atomic mass is 16.2. The maximum absolute atomic E-state index is 11.5. The van der Waals surface area contributed by atoms with Gasteiger partial charge in [0.05, 0.1) is 0 Å². The third-order valence-corrected chi connectivity index (χ3v) is 9.90. The van der Waals surface area contributed by atoms with Gasteiger partial charge in [-0.15, -0.1) is 0 Å². The molecule has 4 rings (SSSR count). The molecule has 3 unspecified atom stereocenters. The van der Waals surface area contributed by atoms with Crippen LogP contribution in [0.2, 0.25) is 0 Å². The Morgan fingerprint density at radius 3 is 2.58 bits per heavy atom. The molecule has 0 aliphatic heterocycles. The zero-order chi connectivity index (χ0) is 18.4. The second kappa shape index (κ2) is 7.11. The highest BCUT2D eigenvalue weighted by Crippen LogP contribution is 2.67. The van der Waals surface area contributed by atoms with E-state index in [-0.39, 0.29) is 5.91 Å². The van der Waals surface area contributed by atoms with Gasteiger partial charge in [-0.05, 0) is 105 Å². The summed E-state index contributed by atoms with van der Waals surface area (Å²) in [6.45, 7) is 5.29. The van der Waals surface area contributed by atoms with Crippen LogP contribution in [0.4, 0.5) is 0 Å². The maximum atomic E-state index is 11.5. The molecular weight excluding hydrogens is 320 g/mol. The van der Waals surface area contributed by atoms with Crippen molar-refractivity contribution in [3.63, 3.8) is 0 Å². The lowest BCUT2D eigenvalue weighted by molar-refractivity contribution is -0.121. The number of amides is 1. The number of hydrogen-bond donors (Lipinski definition) is 2. The molecule has 7 atom stereocenters. The van der Waals surface area contributed by atoms with Gasteiger partial charge >= 0.3 is 0 Å². The summed E-state index contributed by atoms with van der Waals surface area (Å²) in [5, 5.41) is 0. The van der Waals surface area contributed by atoms with Gasteiger partial charge in [-0.3, -0.25) is 10.2 Å². The Kier molecular flexibility index (Phi) is 5.14. The largest absolute Gasteiger partial charge is 0.294 e. The minimum absolute atomic E-state index is 0.00282. The fourth-order valence-corrected chi connectivity index (χ4v) is 8.46. The van der Waals surface area contributed by atoms with Gasteiger partial charge in [-0.2, -0.15) is 0 Å². The highest BCUT2D eigenvalue weighted by molar-refractivity contribution is 5.75.